The van der Waals surface area contributed by atoms with Gasteiger partial charge in [-0.3, -0.25) is 0 Å². The molecular weight excluding hydrogens is 243 g/mol. The SMILES string of the molecule is CC(C)Cc1nc2c(c(C(F)(F)F)n1)CNCC2. The van der Waals surface area contributed by atoms with Crippen LogP contribution in [0.4, 0.5) is 13.2 Å². The van der Waals surface area contributed by atoms with Crippen molar-refractivity contribution < 1.29 is 13.2 Å². The summed E-state index contributed by atoms with van der Waals surface area (Å²) in [4.78, 5) is 8.00. The Hall–Kier alpha value is -1.17. The zero-order valence-electron chi connectivity index (χ0n) is 10.4. The van der Waals surface area contributed by atoms with Gasteiger partial charge in [-0.25, -0.2) is 9.97 Å². The number of halogens is 3. The highest BCUT2D eigenvalue weighted by Crippen LogP contribution is 2.32. The zero-order chi connectivity index (χ0) is 13.3. The lowest BCUT2D eigenvalue weighted by molar-refractivity contribution is -0.142. The molecule has 2 rings (SSSR count). The third-order valence-corrected chi connectivity index (χ3v) is 2.84. The van der Waals surface area contributed by atoms with E-state index in [-0.39, 0.29) is 18.0 Å². The fraction of sp³-hybridized carbons (Fsp3) is 0.667. The van der Waals surface area contributed by atoms with Crippen LogP contribution < -0.4 is 5.32 Å². The van der Waals surface area contributed by atoms with Crippen molar-refractivity contribution >= 4 is 0 Å². The number of nitrogens with zero attached hydrogens (tertiary/aromatic N) is 2. The minimum Gasteiger partial charge on any atom is -0.312 e. The molecule has 0 saturated heterocycles. The van der Waals surface area contributed by atoms with Crippen molar-refractivity contribution in [3.05, 3.63) is 22.8 Å². The predicted octanol–water partition coefficient (Wildman–Crippen LogP) is 2.34. The quantitative estimate of drug-likeness (QED) is 0.885. The molecule has 1 aliphatic heterocycles. The fourth-order valence-electron chi connectivity index (χ4n) is 2.09. The molecule has 1 aromatic rings. The van der Waals surface area contributed by atoms with Crippen LogP contribution >= 0.6 is 0 Å². The van der Waals surface area contributed by atoms with E-state index >= 15 is 0 Å². The van der Waals surface area contributed by atoms with Crippen molar-refractivity contribution in [1.29, 1.82) is 0 Å². The number of aromatic nitrogens is 2. The second kappa shape index (κ2) is 4.84. The van der Waals surface area contributed by atoms with E-state index in [1.165, 1.54) is 0 Å². The highest BCUT2D eigenvalue weighted by Gasteiger charge is 2.37. The number of alkyl halides is 3. The number of nitrogens with one attached hydrogen (secondary N) is 1. The molecule has 1 aliphatic rings. The minimum atomic E-state index is -4.40. The molecule has 0 spiro atoms. The number of hydrogen-bond donors (Lipinski definition) is 1. The molecule has 0 atom stereocenters. The Balaban J connectivity index is 2.48. The number of fused-ring (bicyclic) bond motifs is 1. The normalized spacial score (nSPS) is 15.9. The van der Waals surface area contributed by atoms with Gasteiger partial charge in [0.15, 0.2) is 5.69 Å². The van der Waals surface area contributed by atoms with Gasteiger partial charge in [-0.2, -0.15) is 13.2 Å². The molecule has 0 fully saturated rings. The summed E-state index contributed by atoms with van der Waals surface area (Å²) in [6.45, 7) is 4.75. The van der Waals surface area contributed by atoms with Gasteiger partial charge >= 0.3 is 6.18 Å². The Morgan fingerprint density at radius 3 is 2.61 bits per heavy atom. The highest BCUT2D eigenvalue weighted by atomic mass is 19.4. The van der Waals surface area contributed by atoms with Crippen molar-refractivity contribution in [3.63, 3.8) is 0 Å². The maximum Gasteiger partial charge on any atom is 0.433 e. The second-order valence-electron chi connectivity index (χ2n) is 4.94. The molecule has 100 valence electrons. The molecule has 1 N–H and O–H groups in total. The van der Waals surface area contributed by atoms with Crippen LogP contribution in [0.15, 0.2) is 0 Å². The topological polar surface area (TPSA) is 37.8 Å². The zero-order valence-corrected chi connectivity index (χ0v) is 10.4. The summed E-state index contributed by atoms with van der Waals surface area (Å²) in [5, 5.41) is 2.93. The van der Waals surface area contributed by atoms with Gasteiger partial charge in [-0.05, 0) is 5.92 Å². The van der Waals surface area contributed by atoms with Gasteiger partial charge in [-0.1, -0.05) is 13.8 Å². The Morgan fingerprint density at radius 1 is 1.28 bits per heavy atom. The lowest BCUT2D eigenvalue weighted by Crippen LogP contribution is -2.29. The highest BCUT2D eigenvalue weighted by molar-refractivity contribution is 5.30. The van der Waals surface area contributed by atoms with Crippen LogP contribution in [0.3, 0.4) is 0 Å². The van der Waals surface area contributed by atoms with Crippen molar-refractivity contribution in [1.82, 2.24) is 15.3 Å². The molecule has 0 aromatic carbocycles. The first kappa shape index (κ1) is 13.3. The summed E-state index contributed by atoms with van der Waals surface area (Å²) in [6.07, 6.45) is -3.40. The molecule has 0 bridgehead atoms. The van der Waals surface area contributed by atoms with E-state index in [9.17, 15) is 13.2 Å². The summed E-state index contributed by atoms with van der Waals surface area (Å²) < 4.78 is 38.9. The van der Waals surface area contributed by atoms with E-state index in [0.717, 1.165) is 0 Å². The van der Waals surface area contributed by atoms with Gasteiger partial charge in [0, 0.05) is 31.5 Å². The molecule has 0 aliphatic carbocycles. The van der Waals surface area contributed by atoms with Crippen LogP contribution in [0, 0.1) is 5.92 Å². The summed E-state index contributed by atoms with van der Waals surface area (Å²) in [5.41, 5.74) is -0.0108. The van der Waals surface area contributed by atoms with E-state index in [1.807, 2.05) is 13.8 Å². The lowest BCUT2D eigenvalue weighted by atomic mass is 10.0. The van der Waals surface area contributed by atoms with Crippen LogP contribution in [0.1, 0.15) is 36.6 Å². The average molecular weight is 259 g/mol. The van der Waals surface area contributed by atoms with E-state index in [1.54, 1.807) is 0 Å². The number of hydrogen-bond acceptors (Lipinski definition) is 3. The summed E-state index contributed by atoms with van der Waals surface area (Å²) in [7, 11) is 0. The van der Waals surface area contributed by atoms with Crippen molar-refractivity contribution in [2.24, 2.45) is 5.92 Å². The smallest absolute Gasteiger partial charge is 0.312 e. The summed E-state index contributed by atoms with van der Waals surface area (Å²) >= 11 is 0. The standard InChI is InChI=1S/C12H16F3N3/c1-7(2)5-10-17-9-3-4-16-6-8(9)11(18-10)12(13,14)15/h7,16H,3-6H2,1-2H3. The van der Waals surface area contributed by atoms with Gasteiger partial charge in [0.1, 0.15) is 5.82 Å². The third-order valence-electron chi connectivity index (χ3n) is 2.84. The van der Waals surface area contributed by atoms with E-state index in [4.69, 9.17) is 0 Å². The summed E-state index contributed by atoms with van der Waals surface area (Å²) in [6, 6.07) is 0. The van der Waals surface area contributed by atoms with Crippen molar-refractivity contribution in [2.75, 3.05) is 6.54 Å². The molecule has 0 unspecified atom stereocenters. The predicted molar refractivity (Wildman–Crippen MR) is 61.0 cm³/mol. The first-order chi connectivity index (χ1) is 8.38. The Kier molecular flexibility index (Phi) is 3.56. The molecule has 18 heavy (non-hydrogen) atoms. The van der Waals surface area contributed by atoms with Crippen LogP contribution in [-0.4, -0.2) is 16.5 Å². The maximum atomic E-state index is 13.0. The molecule has 3 nitrogen and oxygen atoms in total. The fourth-order valence-corrected chi connectivity index (χ4v) is 2.09. The largest absolute Gasteiger partial charge is 0.433 e. The van der Waals surface area contributed by atoms with Gasteiger partial charge in [0.2, 0.25) is 0 Å². The molecule has 6 heteroatoms. The van der Waals surface area contributed by atoms with Gasteiger partial charge < -0.3 is 5.32 Å². The summed E-state index contributed by atoms with van der Waals surface area (Å²) in [5.74, 6) is 0.545. The van der Waals surface area contributed by atoms with Crippen molar-refractivity contribution in [2.45, 2.75) is 39.4 Å². The number of rotatable bonds is 2. The Labute approximate surface area is 104 Å². The van der Waals surface area contributed by atoms with E-state index < -0.39 is 11.9 Å². The van der Waals surface area contributed by atoms with Gasteiger partial charge in [-0.15, -0.1) is 0 Å². The Bertz CT molecular complexity index is 441. The first-order valence-corrected chi connectivity index (χ1v) is 6.04. The third kappa shape index (κ3) is 2.80. The second-order valence-corrected chi connectivity index (χ2v) is 4.94. The van der Waals surface area contributed by atoms with Crippen LogP contribution in [0.25, 0.3) is 0 Å². The van der Waals surface area contributed by atoms with Gasteiger partial charge in [0.25, 0.3) is 0 Å². The van der Waals surface area contributed by atoms with Crippen LogP contribution in [0.2, 0.25) is 0 Å². The monoisotopic (exact) mass is 259 g/mol. The average Bonchev–Trinajstić information content (AvgIpc) is 2.25. The molecular formula is C12H16F3N3. The Morgan fingerprint density at radius 2 is 2.00 bits per heavy atom. The van der Waals surface area contributed by atoms with E-state index in [2.05, 4.69) is 15.3 Å². The molecule has 0 saturated carbocycles. The first-order valence-electron chi connectivity index (χ1n) is 6.04. The van der Waals surface area contributed by atoms with Crippen LogP contribution in [0.5, 0.6) is 0 Å². The molecule has 1 aromatic heterocycles. The lowest BCUT2D eigenvalue weighted by Gasteiger charge is -2.21. The van der Waals surface area contributed by atoms with E-state index in [0.29, 0.717) is 30.9 Å². The minimum absolute atomic E-state index is 0.201. The molecule has 0 radical (unpaired) electrons. The van der Waals surface area contributed by atoms with Crippen LogP contribution in [-0.2, 0) is 25.6 Å². The maximum absolute atomic E-state index is 13.0. The molecule has 0 amide bonds. The van der Waals surface area contributed by atoms with Crippen molar-refractivity contribution in [3.8, 4) is 0 Å². The van der Waals surface area contributed by atoms with Gasteiger partial charge in [0.05, 0.1) is 5.69 Å². The molecule has 2 heterocycles.